The second-order valence-corrected chi connectivity index (χ2v) is 8.21. The fourth-order valence-corrected chi connectivity index (χ4v) is 3.15. The van der Waals surface area contributed by atoms with Crippen molar-refractivity contribution in [3.8, 4) is 0 Å². The van der Waals surface area contributed by atoms with Crippen LogP contribution in [0.2, 0.25) is 0 Å². The van der Waals surface area contributed by atoms with Gasteiger partial charge in [0.2, 0.25) is 5.91 Å². The lowest BCUT2D eigenvalue weighted by Gasteiger charge is -2.40. The van der Waals surface area contributed by atoms with Gasteiger partial charge in [0.1, 0.15) is 6.54 Å². The minimum atomic E-state index is 0.0316. The summed E-state index contributed by atoms with van der Waals surface area (Å²) in [5, 5.41) is 3.46. The first-order chi connectivity index (χ1) is 9.75. The molecule has 1 aliphatic rings. The summed E-state index contributed by atoms with van der Waals surface area (Å²) < 4.78 is 0.224. The van der Waals surface area contributed by atoms with Gasteiger partial charge in [-0.25, -0.2) is 4.99 Å². The monoisotopic (exact) mass is 314 g/mol. The van der Waals surface area contributed by atoms with E-state index in [-0.39, 0.29) is 17.2 Å². The highest BCUT2D eigenvalue weighted by Crippen LogP contribution is 2.29. The van der Waals surface area contributed by atoms with Crippen molar-refractivity contribution in [2.75, 3.05) is 39.5 Å². The fourth-order valence-electron chi connectivity index (χ4n) is 2.04. The minimum absolute atomic E-state index is 0.0316. The zero-order chi connectivity index (χ0) is 16.0. The summed E-state index contributed by atoms with van der Waals surface area (Å²) in [7, 11) is 3.53. The van der Waals surface area contributed by atoms with Crippen LogP contribution >= 0.6 is 11.8 Å². The Balaban J connectivity index is 2.80. The number of hydrogen-bond donors (Lipinski definition) is 1. The van der Waals surface area contributed by atoms with E-state index in [1.807, 2.05) is 11.8 Å². The van der Waals surface area contributed by atoms with Crippen molar-refractivity contribution < 1.29 is 4.79 Å². The Hall–Kier alpha value is -0.910. The van der Waals surface area contributed by atoms with Gasteiger partial charge in [-0.1, -0.05) is 6.92 Å². The predicted octanol–water partition coefficient (Wildman–Crippen LogP) is 1.65. The van der Waals surface area contributed by atoms with E-state index in [4.69, 9.17) is 0 Å². The first kappa shape index (κ1) is 18.1. The lowest BCUT2D eigenvalue weighted by atomic mass is 10.2. The van der Waals surface area contributed by atoms with Crippen LogP contribution in [0.5, 0.6) is 0 Å². The summed E-state index contributed by atoms with van der Waals surface area (Å²) in [4.78, 5) is 20.2. The lowest BCUT2D eigenvalue weighted by Crippen LogP contribution is -2.52. The Bertz CT molecular complexity index is 382. The van der Waals surface area contributed by atoms with Gasteiger partial charge >= 0.3 is 0 Å². The molecule has 0 aromatic heterocycles. The maximum absolute atomic E-state index is 11.8. The molecule has 1 heterocycles. The average Bonchev–Trinajstić information content (AvgIpc) is 2.41. The molecule has 6 heteroatoms. The van der Waals surface area contributed by atoms with Gasteiger partial charge in [0.15, 0.2) is 5.96 Å². The van der Waals surface area contributed by atoms with E-state index >= 15 is 0 Å². The molecule has 1 aliphatic heterocycles. The number of carbonyl (C=O) groups is 1. The molecule has 1 saturated heterocycles. The maximum Gasteiger partial charge on any atom is 0.243 e. The van der Waals surface area contributed by atoms with Crippen LogP contribution in [0, 0.1) is 0 Å². The van der Waals surface area contributed by atoms with Gasteiger partial charge in [-0.3, -0.25) is 4.79 Å². The van der Waals surface area contributed by atoms with Crippen molar-refractivity contribution in [3.05, 3.63) is 0 Å². The molecule has 0 aromatic rings. The zero-order valence-corrected chi connectivity index (χ0v) is 15.1. The highest BCUT2D eigenvalue weighted by Gasteiger charge is 2.29. The molecule has 5 nitrogen and oxygen atoms in total. The van der Waals surface area contributed by atoms with Crippen LogP contribution in [0.4, 0.5) is 0 Å². The molecule has 0 aromatic carbocycles. The Labute approximate surface area is 133 Å². The van der Waals surface area contributed by atoms with Crippen molar-refractivity contribution in [3.63, 3.8) is 0 Å². The Morgan fingerprint density at radius 2 is 2.14 bits per heavy atom. The van der Waals surface area contributed by atoms with Crippen LogP contribution in [-0.2, 0) is 4.79 Å². The second-order valence-electron chi connectivity index (χ2n) is 6.41. The average molecular weight is 314 g/mol. The summed E-state index contributed by atoms with van der Waals surface area (Å²) in [6.45, 7) is 11.0. The van der Waals surface area contributed by atoms with Gasteiger partial charge in [-0.2, -0.15) is 11.8 Å². The number of hydrogen-bond acceptors (Lipinski definition) is 3. The van der Waals surface area contributed by atoms with E-state index in [0.29, 0.717) is 6.04 Å². The van der Waals surface area contributed by atoms with Crippen molar-refractivity contribution >= 4 is 23.6 Å². The number of thioether (sulfide) groups is 1. The topological polar surface area (TPSA) is 47.9 Å². The normalized spacial score (nSPS) is 20.1. The molecule has 0 radical (unpaired) electrons. The van der Waals surface area contributed by atoms with Crippen molar-refractivity contribution in [2.45, 2.75) is 44.9 Å². The van der Waals surface area contributed by atoms with Gasteiger partial charge in [-0.05, 0) is 27.2 Å². The van der Waals surface area contributed by atoms with Crippen LogP contribution in [0.3, 0.4) is 0 Å². The molecule has 0 saturated carbocycles. The number of nitrogens with zero attached hydrogens (tertiary/aromatic N) is 3. The van der Waals surface area contributed by atoms with Gasteiger partial charge in [0.25, 0.3) is 0 Å². The molecule has 0 bridgehead atoms. The zero-order valence-electron chi connectivity index (χ0n) is 14.3. The number of carbonyl (C=O) groups excluding carboxylic acids is 1. The molecule has 122 valence electrons. The first-order valence-corrected chi connectivity index (χ1v) is 8.63. The molecule has 1 fully saturated rings. The van der Waals surface area contributed by atoms with Gasteiger partial charge in [0.05, 0.1) is 0 Å². The number of amides is 1. The van der Waals surface area contributed by atoms with Crippen LogP contribution in [0.25, 0.3) is 0 Å². The summed E-state index contributed by atoms with van der Waals surface area (Å²) in [5.41, 5.74) is 0. The number of nitrogens with one attached hydrogen (secondary N) is 1. The van der Waals surface area contributed by atoms with Gasteiger partial charge in [0, 0.05) is 43.7 Å². The van der Waals surface area contributed by atoms with Crippen molar-refractivity contribution in [1.82, 2.24) is 15.1 Å². The molecule has 0 aliphatic carbocycles. The highest BCUT2D eigenvalue weighted by atomic mass is 32.2. The molecule has 1 amide bonds. The summed E-state index contributed by atoms with van der Waals surface area (Å²) in [6, 6.07) is 0.357. The summed E-state index contributed by atoms with van der Waals surface area (Å²) in [5.74, 6) is 1.99. The molecule has 1 atom stereocenters. The number of guanidine groups is 1. The van der Waals surface area contributed by atoms with E-state index in [1.165, 1.54) is 0 Å². The van der Waals surface area contributed by atoms with Gasteiger partial charge in [-0.15, -0.1) is 0 Å². The Morgan fingerprint density at radius 1 is 1.48 bits per heavy atom. The fraction of sp³-hybridized carbons (Fsp3) is 0.867. The predicted molar refractivity (Wildman–Crippen MR) is 92.0 cm³/mol. The Kier molecular flexibility index (Phi) is 6.84. The molecule has 1 N–H and O–H groups in total. The van der Waals surface area contributed by atoms with Crippen LogP contribution in [-0.4, -0.2) is 71.9 Å². The molecular weight excluding hydrogens is 284 g/mol. The largest absolute Gasteiger partial charge is 0.354 e. The third-order valence-corrected chi connectivity index (χ3v) is 4.87. The Morgan fingerprint density at radius 3 is 2.67 bits per heavy atom. The summed E-state index contributed by atoms with van der Waals surface area (Å²) >= 11 is 2.00. The SMILES string of the molecule is CCC(C)NC(=NCC(=O)N(C)C)N1CCSC(C)(C)C1. The van der Waals surface area contributed by atoms with Crippen molar-refractivity contribution in [1.29, 1.82) is 0 Å². The molecule has 21 heavy (non-hydrogen) atoms. The lowest BCUT2D eigenvalue weighted by molar-refractivity contribution is -0.127. The first-order valence-electron chi connectivity index (χ1n) is 7.65. The summed E-state index contributed by atoms with van der Waals surface area (Å²) in [6.07, 6.45) is 1.03. The standard InChI is InChI=1S/C15H30N4OS/c1-7-12(2)17-14(16-10-13(20)18(5)6)19-8-9-21-15(3,4)11-19/h12H,7-11H2,1-6H3,(H,16,17). The molecular formula is C15H30N4OS. The van der Waals surface area contributed by atoms with E-state index in [9.17, 15) is 4.79 Å². The van der Waals surface area contributed by atoms with Gasteiger partial charge < -0.3 is 15.1 Å². The van der Waals surface area contributed by atoms with Crippen LogP contribution in [0.15, 0.2) is 4.99 Å². The number of rotatable bonds is 4. The van der Waals surface area contributed by atoms with E-state index in [1.54, 1.807) is 19.0 Å². The van der Waals surface area contributed by atoms with Crippen molar-refractivity contribution in [2.24, 2.45) is 4.99 Å². The van der Waals surface area contributed by atoms with Crippen LogP contribution in [0.1, 0.15) is 34.1 Å². The molecule has 1 unspecified atom stereocenters. The third kappa shape index (κ3) is 6.16. The van der Waals surface area contributed by atoms with E-state index in [0.717, 1.165) is 31.2 Å². The minimum Gasteiger partial charge on any atom is -0.354 e. The third-order valence-electron chi connectivity index (χ3n) is 3.58. The van der Waals surface area contributed by atoms with E-state index < -0.39 is 0 Å². The smallest absolute Gasteiger partial charge is 0.243 e. The molecule has 0 spiro atoms. The van der Waals surface area contributed by atoms with E-state index in [2.05, 4.69) is 42.9 Å². The second kappa shape index (κ2) is 7.92. The maximum atomic E-state index is 11.8. The number of likely N-dealkylation sites (N-methyl/N-ethyl adjacent to an activating group) is 1. The molecule has 1 rings (SSSR count). The highest BCUT2D eigenvalue weighted by molar-refractivity contribution is 8.00. The number of aliphatic imine (C=N–C) groups is 1. The quantitative estimate of drug-likeness (QED) is 0.633. The van der Waals surface area contributed by atoms with Crippen LogP contribution < -0.4 is 5.32 Å².